The lowest BCUT2D eigenvalue weighted by Gasteiger charge is -2.16. The summed E-state index contributed by atoms with van der Waals surface area (Å²) >= 11 is 0. The standard InChI is InChI=1S/C22H30O3/c1-22(2,25)12-5-3-4-7-17-8-6-9-18(13-17)10-11-19-14-20(23)16-21(24)15-19/h6,8-9,13-16,23-25H,3-5,7,10-12H2,1-2H3. The van der Waals surface area contributed by atoms with Crippen molar-refractivity contribution in [3.8, 4) is 11.5 Å². The quantitative estimate of drug-likeness (QED) is 0.576. The number of phenolic OH excluding ortho intramolecular Hbond substituents is 2. The molecule has 2 rings (SSSR count). The van der Waals surface area contributed by atoms with Crippen molar-refractivity contribution in [2.24, 2.45) is 0 Å². The summed E-state index contributed by atoms with van der Waals surface area (Å²) in [4.78, 5) is 0. The summed E-state index contributed by atoms with van der Waals surface area (Å²) in [6.45, 7) is 3.73. The van der Waals surface area contributed by atoms with Gasteiger partial charge < -0.3 is 15.3 Å². The molecular formula is C22H30O3. The van der Waals surface area contributed by atoms with Crippen molar-refractivity contribution in [3.63, 3.8) is 0 Å². The van der Waals surface area contributed by atoms with Gasteiger partial charge in [-0.1, -0.05) is 37.1 Å². The van der Waals surface area contributed by atoms with Gasteiger partial charge in [-0.15, -0.1) is 0 Å². The van der Waals surface area contributed by atoms with E-state index in [2.05, 4.69) is 24.3 Å². The fraction of sp³-hybridized carbons (Fsp3) is 0.455. The van der Waals surface area contributed by atoms with Crippen LogP contribution in [-0.4, -0.2) is 20.9 Å². The first-order valence-corrected chi connectivity index (χ1v) is 9.14. The minimum absolute atomic E-state index is 0.106. The second-order valence-corrected chi connectivity index (χ2v) is 7.55. The second-order valence-electron chi connectivity index (χ2n) is 7.55. The number of aliphatic hydroxyl groups is 1. The van der Waals surface area contributed by atoms with E-state index >= 15 is 0 Å². The molecule has 2 aromatic carbocycles. The van der Waals surface area contributed by atoms with Crippen molar-refractivity contribution in [3.05, 3.63) is 59.2 Å². The molecule has 0 aliphatic heterocycles. The van der Waals surface area contributed by atoms with E-state index < -0.39 is 5.60 Å². The van der Waals surface area contributed by atoms with Crippen molar-refractivity contribution in [2.75, 3.05) is 0 Å². The Labute approximate surface area is 151 Å². The number of phenols is 2. The summed E-state index contributed by atoms with van der Waals surface area (Å²) in [5.74, 6) is 0.213. The zero-order valence-electron chi connectivity index (χ0n) is 15.3. The van der Waals surface area contributed by atoms with Crippen LogP contribution in [0.1, 0.15) is 56.2 Å². The highest BCUT2D eigenvalue weighted by Gasteiger charge is 2.10. The highest BCUT2D eigenvalue weighted by atomic mass is 16.3. The molecule has 0 saturated heterocycles. The van der Waals surface area contributed by atoms with Gasteiger partial charge in [-0.05, 0) is 74.8 Å². The average Bonchev–Trinajstić information content (AvgIpc) is 2.51. The van der Waals surface area contributed by atoms with Crippen molar-refractivity contribution in [2.45, 2.75) is 64.4 Å². The van der Waals surface area contributed by atoms with Crippen LogP contribution in [0.15, 0.2) is 42.5 Å². The normalized spacial score (nSPS) is 11.6. The van der Waals surface area contributed by atoms with Gasteiger partial charge in [0, 0.05) is 6.07 Å². The van der Waals surface area contributed by atoms with Crippen LogP contribution in [0, 0.1) is 0 Å². The molecule has 136 valence electrons. The van der Waals surface area contributed by atoms with E-state index in [0.717, 1.165) is 50.5 Å². The predicted molar refractivity (Wildman–Crippen MR) is 102 cm³/mol. The number of aryl methyl sites for hydroxylation is 3. The first-order valence-electron chi connectivity index (χ1n) is 9.14. The highest BCUT2D eigenvalue weighted by Crippen LogP contribution is 2.22. The Morgan fingerprint density at radius 2 is 1.32 bits per heavy atom. The van der Waals surface area contributed by atoms with Crippen LogP contribution >= 0.6 is 0 Å². The maximum atomic E-state index is 9.73. The minimum Gasteiger partial charge on any atom is -0.508 e. The Balaban J connectivity index is 1.80. The van der Waals surface area contributed by atoms with E-state index in [0.29, 0.717) is 0 Å². The number of unbranched alkanes of at least 4 members (excludes halogenated alkanes) is 2. The predicted octanol–water partition coefficient (Wildman–Crippen LogP) is 4.76. The Hall–Kier alpha value is -2.00. The van der Waals surface area contributed by atoms with E-state index in [9.17, 15) is 15.3 Å². The van der Waals surface area contributed by atoms with Gasteiger partial charge in [-0.2, -0.15) is 0 Å². The lowest BCUT2D eigenvalue weighted by molar-refractivity contribution is 0.0681. The van der Waals surface area contributed by atoms with Gasteiger partial charge in [0.25, 0.3) is 0 Å². The maximum Gasteiger partial charge on any atom is 0.119 e. The van der Waals surface area contributed by atoms with Gasteiger partial charge >= 0.3 is 0 Å². The number of aromatic hydroxyl groups is 2. The van der Waals surface area contributed by atoms with Crippen LogP contribution in [0.4, 0.5) is 0 Å². The molecule has 0 aromatic heterocycles. The van der Waals surface area contributed by atoms with Gasteiger partial charge in [-0.3, -0.25) is 0 Å². The number of hydrogen-bond acceptors (Lipinski definition) is 3. The Morgan fingerprint density at radius 3 is 1.96 bits per heavy atom. The summed E-state index contributed by atoms with van der Waals surface area (Å²) in [6, 6.07) is 13.4. The molecule has 3 heteroatoms. The zero-order valence-corrected chi connectivity index (χ0v) is 15.3. The summed E-state index contributed by atoms with van der Waals surface area (Å²) in [5.41, 5.74) is 3.01. The molecular weight excluding hydrogens is 312 g/mol. The lowest BCUT2D eigenvalue weighted by Crippen LogP contribution is -2.17. The van der Waals surface area contributed by atoms with Crippen LogP contribution in [0.25, 0.3) is 0 Å². The molecule has 2 aromatic rings. The third-order valence-corrected chi connectivity index (χ3v) is 4.41. The Bertz CT molecular complexity index is 651. The Kier molecular flexibility index (Phi) is 6.89. The fourth-order valence-electron chi connectivity index (χ4n) is 3.09. The minimum atomic E-state index is -0.555. The Morgan fingerprint density at radius 1 is 0.720 bits per heavy atom. The molecule has 0 radical (unpaired) electrons. The molecule has 0 saturated carbocycles. The summed E-state index contributed by atoms with van der Waals surface area (Å²) in [5, 5.41) is 28.8. The molecule has 0 aliphatic carbocycles. The van der Waals surface area contributed by atoms with Crippen molar-refractivity contribution in [1.82, 2.24) is 0 Å². The van der Waals surface area contributed by atoms with Gasteiger partial charge in [-0.25, -0.2) is 0 Å². The zero-order chi connectivity index (χ0) is 18.3. The van der Waals surface area contributed by atoms with Gasteiger partial charge in [0.2, 0.25) is 0 Å². The third-order valence-electron chi connectivity index (χ3n) is 4.41. The second kappa shape index (κ2) is 8.91. The van der Waals surface area contributed by atoms with Gasteiger partial charge in [0.05, 0.1) is 5.60 Å². The van der Waals surface area contributed by atoms with Crippen molar-refractivity contribution < 1.29 is 15.3 Å². The molecule has 0 bridgehead atoms. The molecule has 0 spiro atoms. The highest BCUT2D eigenvalue weighted by molar-refractivity contribution is 5.37. The summed E-state index contributed by atoms with van der Waals surface area (Å²) in [6.07, 6.45) is 6.92. The van der Waals surface area contributed by atoms with Crippen LogP contribution in [0.2, 0.25) is 0 Å². The molecule has 0 heterocycles. The molecule has 0 amide bonds. The SMILES string of the molecule is CC(C)(O)CCCCCc1cccc(CCc2cc(O)cc(O)c2)c1. The van der Waals surface area contributed by atoms with Gasteiger partial charge in [0.15, 0.2) is 0 Å². The van der Waals surface area contributed by atoms with Gasteiger partial charge in [0.1, 0.15) is 11.5 Å². The molecule has 3 N–H and O–H groups in total. The van der Waals surface area contributed by atoms with E-state index in [-0.39, 0.29) is 11.5 Å². The summed E-state index contributed by atoms with van der Waals surface area (Å²) < 4.78 is 0. The van der Waals surface area contributed by atoms with E-state index in [1.165, 1.54) is 17.2 Å². The monoisotopic (exact) mass is 342 g/mol. The molecule has 0 unspecified atom stereocenters. The first kappa shape index (κ1) is 19.3. The largest absolute Gasteiger partial charge is 0.508 e. The number of benzene rings is 2. The summed E-state index contributed by atoms with van der Waals surface area (Å²) in [7, 11) is 0. The van der Waals surface area contributed by atoms with E-state index in [1.807, 2.05) is 13.8 Å². The first-order chi connectivity index (χ1) is 11.8. The maximum absolute atomic E-state index is 9.73. The van der Waals surface area contributed by atoms with Crippen molar-refractivity contribution in [1.29, 1.82) is 0 Å². The molecule has 0 fully saturated rings. The number of rotatable bonds is 9. The topological polar surface area (TPSA) is 60.7 Å². The molecule has 25 heavy (non-hydrogen) atoms. The van der Waals surface area contributed by atoms with E-state index in [1.54, 1.807) is 12.1 Å². The van der Waals surface area contributed by atoms with Crippen LogP contribution in [-0.2, 0) is 19.3 Å². The van der Waals surface area contributed by atoms with Crippen molar-refractivity contribution >= 4 is 0 Å². The lowest BCUT2D eigenvalue weighted by atomic mass is 9.97. The molecule has 0 atom stereocenters. The smallest absolute Gasteiger partial charge is 0.119 e. The molecule has 0 aliphatic rings. The molecule has 3 nitrogen and oxygen atoms in total. The number of hydrogen-bond donors (Lipinski definition) is 3. The third kappa shape index (κ3) is 7.61. The van der Waals surface area contributed by atoms with E-state index in [4.69, 9.17) is 0 Å². The van der Waals surface area contributed by atoms with Crippen LogP contribution < -0.4 is 0 Å². The average molecular weight is 342 g/mol. The fourth-order valence-corrected chi connectivity index (χ4v) is 3.09. The van der Waals surface area contributed by atoms with Crippen LogP contribution in [0.5, 0.6) is 11.5 Å². The van der Waals surface area contributed by atoms with Crippen LogP contribution in [0.3, 0.4) is 0 Å².